The van der Waals surface area contributed by atoms with Crippen molar-refractivity contribution in [2.24, 2.45) is 0 Å². The molecule has 77 heavy (non-hydrogen) atoms. The van der Waals surface area contributed by atoms with E-state index < -0.39 is 30.5 Å². The first-order valence-corrected chi connectivity index (χ1v) is 25.5. The molecule has 0 radical (unpaired) electrons. The smallest absolute Gasteiger partial charge is 0.247 e. The van der Waals surface area contributed by atoms with Gasteiger partial charge in [-0.05, 0) is 88.7 Å². The molecule has 4 heterocycles. The Kier molecular flexibility index (Phi) is 21.5. The van der Waals surface area contributed by atoms with Crippen molar-refractivity contribution in [1.29, 1.82) is 0 Å². The minimum absolute atomic E-state index is 0. The zero-order chi connectivity index (χ0) is 53.9. The number of methoxy groups -OCH3 is 1. The van der Waals surface area contributed by atoms with Crippen LogP contribution in [-0.2, 0) is 54.5 Å². The molecule has 0 N–H and O–H groups in total. The molecule has 5 aromatic carbocycles. The van der Waals surface area contributed by atoms with Gasteiger partial charge in [-0.15, -0.1) is 0 Å². The first kappa shape index (κ1) is 60.3. The maximum atomic E-state index is 12.9. The van der Waals surface area contributed by atoms with E-state index in [2.05, 4.69) is 17.1 Å². The van der Waals surface area contributed by atoms with Crippen LogP contribution in [0.2, 0.25) is 10.0 Å². The number of aryl methyl sites for hydroxylation is 1. The van der Waals surface area contributed by atoms with E-state index in [9.17, 15) is 28.8 Å². The van der Waals surface area contributed by atoms with Gasteiger partial charge < -0.3 is 34.1 Å². The normalized spacial score (nSPS) is 19.6. The SMILES string of the molecule is C.C.CC(=O)N1C(Cc2ccccc2)C(=O)N(C)C1CCc1ccccc1.CC(=O)N1C(Cc2cccnc2)C(=O)N(C)C1c1ccc(Cl)cc1.COc1ccc(CC2C(=O)N(C)C(c3ccc(Cl)cc3)N2C(C)=O)cc1. The van der Waals surface area contributed by atoms with E-state index in [0.717, 1.165) is 46.4 Å². The third-order valence-corrected chi connectivity index (χ3v) is 14.4. The van der Waals surface area contributed by atoms with Gasteiger partial charge in [0.15, 0.2) is 0 Å². The number of benzene rings is 5. The molecule has 3 aliphatic heterocycles. The molecule has 0 aliphatic carbocycles. The van der Waals surface area contributed by atoms with Gasteiger partial charge in [-0.3, -0.25) is 33.8 Å². The van der Waals surface area contributed by atoms with Gasteiger partial charge >= 0.3 is 0 Å². The van der Waals surface area contributed by atoms with Gasteiger partial charge in [0.25, 0.3) is 0 Å². The van der Waals surface area contributed by atoms with Crippen LogP contribution >= 0.6 is 23.2 Å². The highest BCUT2D eigenvalue weighted by molar-refractivity contribution is 6.30. The zero-order valence-corrected chi connectivity index (χ0v) is 44.8. The van der Waals surface area contributed by atoms with E-state index in [0.29, 0.717) is 29.3 Å². The molecule has 1 aromatic heterocycles. The average molecular weight is 1090 g/mol. The minimum atomic E-state index is -0.536. The van der Waals surface area contributed by atoms with Crippen LogP contribution in [0.15, 0.2) is 158 Å². The first-order chi connectivity index (χ1) is 36.0. The molecule has 6 amide bonds. The van der Waals surface area contributed by atoms with Crippen LogP contribution in [0.3, 0.4) is 0 Å². The summed E-state index contributed by atoms with van der Waals surface area (Å²) in [5.74, 6) is 0.313. The van der Waals surface area contributed by atoms with Crippen LogP contribution in [0, 0.1) is 0 Å². The summed E-state index contributed by atoms with van der Waals surface area (Å²) in [5, 5.41) is 1.23. The average Bonchev–Trinajstić information content (AvgIpc) is 3.95. The van der Waals surface area contributed by atoms with Crippen molar-refractivity contribution < 1.29 is 33.5 Å². The van der Waals surface area contributed by atoms with Gasteiger partial charge in [0, 0.05) is 83.6 Å². The molecule has 0 bridgehead atoms. The number of halogens is 2. The van der Waals surface area contributed by atoms with Crippen molar-refractivity contribution in [2.75, 3.05) is 28.3 Å². The van der Waals surface area contributed by atoms with E-state index >= 15 is 0 Å². The summed E-state index contributed by atoms with van der Waals surface area (Å²) in [6.07, 6.45) is 5.42. The Morgan fingerprint density at radius 1 is 0.494 bits per heavy atom. The summed E-state index contributed by atoms with van der Waals surface area (Å²) in [4.78, 5) is 89.5. The number of ether oxygens (including phenoxy) is 1. The second kappa shape index (κ2) is 27.5. The van der Waals surface area contributed by atoms with E-state index in [-0.39, 0.29) is 56.5 Å². The van der Waals surface area contributed by atoms with Crippen LogP contribution < -0.4 is 4.74 Å². The molecule has 6 unspecified atom stereocenters. The third-order valence-electron chi connectivity index (χ3n) is 13.9. The fourth-order valence-electron chi connectivity index (χ4n) is 10.2. The Morgan fingerprint density at radius 2 is 0.883 bits per heavy atom. The van der Waals surface area contributed by atoms with Gasteiger partial charge in [-0.1, -0.05) is 141 Å². The lowest BCUT2D eigenvalue weighted by molar-refractivity contribution is -0.134. The van der Waals surface area contributed by atoms with Crippen LogP contribution in [-0.4, -0.2) is 122 Å². The van der Waals surface area contributed by atoms with Crippen LogP contribution in [0.1, 0.15) is 87.8 Å². The quantitative estimate of drug-likeness (QED) is 0.118. The fraction of sp³-hybridized carbons (Fsp3) is 0.328. The molecule has 9 rings (SSSR count). The second-order valence-electron chi connectivity index (χ2n) is 18.8. The van der Waals surface area contributed by atoms with E-state index in [1.165, 1.54) is 19.4 Å². The largest absolute Gasteiger partial charge is 0.497 e. The molecule has 14 nitrogen and oxygen atoms in total. The summed E-state index contributed by atoms with van der Waals surface area (Å²) >= 11 is 11.9. The van der Waals surface area contributed by atoms with Crippen molar-refractivity contribution in [2.45, 2.75) is 104 Å². The van der Waals surface area contributed by atoms with Gasteiger partial charge in [-0.2, -0.15) is 0 Å². The number of aromatic nitrogens is 1. The lowest BCUT2D eigenvalue weighted by Gasteiger charge is -2.29. The lowest BCUT2D eigenvalue weighted by atomic mass is 10.0. The van der Waals surface area contributed by atoms with Gasteiger partial charge in [-0.25, -0.2) is 0 Å². The van der Waals surface area contributed by atoms with Gasteiger partial charge in [0.1, 0.15) is 42.4 Å². The Hall–Kier alpha value is -7.55. The molecule has 6 atom stereocenters. The van der Waals surface area contributed by atoms with E-state index in [1.807, 2.05) is 109 Å². The summed E-state index contributed by atoms with van der Waals surface area (Å²) < 4.78 is 5.17. The molecule has 3 saturated heterocycles. The van der Waals surface area contributed by atoms with Crippen molar-refractivity contribution in [3.63, 3.8) is 0 Å². The molecule has 3 aliphatic rings. The minimum Gasteiger partial charge on any atom is -0.497 e. The lowest BCUT2D eigenvalue weighted by Crippen LogP contribution is -2.43. The third kappa shape index (κ3) is 14.3. The van der Waals surface area contributed by atoms with Crippen LogP contribution in [0.25, 0.3) is 0 Å². The highest BCUT2D eigenvalue weighted by Crippen LogP contribution is 2.37. The van der Waals surface area contributed by atoms with Crippen LogP contribution in [0.4, 0.5) is 0 Å². The maximum Gasteiger partial charge on any atom is 0.247 e. The number of nitrogens with zero attached hydrogens (tertiary/aromatic N) is 7. The van der Waals surface area contributed by atoms with Gasteiger partial charge in [0.2, 0.25) is 35.4 Å². The molecule has 3 fully saturated rings. The zero-order valence-electron chi connectivity index (χ0n) is 43.3. The molecular formula is C61H71Cl2N7O7. The van der Waals surface area contributed by atoms with E-state index in [4.69, 9.17) is 27.9 Å². The number of carbonyl (C=O) groups is 6. The standard InChI is InChI=1S/C21H24N2O2.C20H21ClN2O3.C18H18ClN3O2.2CH4/c1-16(24)23-19(15-18-11-7-4-8-12-18)21(25)22(2)20(23)14-13-17-9-5-3-6-10-17;1-13(24)23-18(12-14-4-10-17(26-3)11-5-14)20(25)22(2)19(23)15-6-8-16(21)9-7-15;1-12(23)22-16(10-13-4-3-9-20-11-13)18(24)21(2)17(22)14-5-7-15(19)8-6-14;;/h3-12,19-20H,13-15H2,1-2H3;4-11,18-19H,12H2,1-3H3;3-9,11,16-17H,10H2,1-2H3;2*1H4. The molecular weight excluding hydrogens is 1010 g/mol. The highest BCUT2D eigenvalue weighted by atomic mass is 35.5. The molecule has 0 spiro atoms. The van der Waals surface area contributed by atoms with Crippen molar-refractivity contribution in [1.82, 2.24) is 34.4 Å². The summed E-state index contributed by atoms with van der Waals surface area (Å²) in [7, 11) is 6.87. The Balaban J connectivity index is 0.000000210. The highest BCUT2D eigenvalue weighted by Gasteiger charge is 2.48. The number of likely N-dealkylation sites (N-methyl/N-ethyl adjacent to an activating group) is 3. The Morgan fingerprint density at radius 3 is 1.30 bits per heavy atom. The topological polar surface area (TPSA) is 144 Å². The predicted octanol–water partition coefficient (Wildman–Crippen LogP) is 10.1. The Labute approximate surface area is 464 Å². The monoisotopic (exact) mass is 1080 g/mol. The van der Waals surface area contributed by atoms with Crippen molar-refractivity contribution in [3.05, 3.63) is 201 Å². The molecule has 406 valence electrons. The fourth-order valence-corrected chi connectivity index (χ4v) is 10.5. The van der Waals surface area contributed by atoms with Crippen molar-refractivity contribution in [3.8, 4) is 5.75 Å². The van der Waals surface area contributed by atoms with Crippen molar-refractivity contribution >= 4 is 58.6 Å². The number of amides is 6. The van der Waals surface area contributed by atoms with Crippen LogP contribution in [0.5, 0.6) is 5.75 Å². The second-order valence-corrected chi connectivity index (χ2v) is 19.7. The molecule has 0 saturated carbocycles. The maximum absolute atomic E-state index is 12.9. The van der Waals surface area contributed by atoms with E-state index in [1.54, 1.807) is 101 Å². The number of hydrogen-bond donors (Lipinski definition) is 0. The predicted molar refractivity (Wildman–Crippen MR) is 302 cm³/mol. The summed E-state index contributed by atoms with van der Waals surface area (Å²) in [6.45, 7) is 4.54. The summed E-state index contributed by atoms with van der Waals surface area (Å²) in [5.41, 5.74) is 5.91. The number of rotatable bonds is 12. The number of pyridine rings is 1. The first-order valence-electron chi connectivity index (χ1n) is 24.8. The Bertz CT molecular complexity index is 2920. The number of carbonyl (C=O) groups excluding carboxylic acids is 6. The molecule has 6 aromatic rings. The van der Waals surface area contributed by atoms with Gasteiger partial charge in [0.05, 0.1) is 7.11 Å². The summed E-state index contributed by atoms with van der Waals surface area (Å²) in [6, 6.07) is 44.3. The molecule has 16 heteroatoms. The number of hydrogen-bond acceptors (Lipinski definition) is 8.